The van der Waals surface area contributed by atoms with Gasteiger partial charge in [0.2, 0.25) is 5.88 Å². The third kappa shape index (κ3) is 3.66. The van der Waals surface area contributed by atoms with Gasteiger partial charge in [0.25, 0.3) is 0 Å². The van der Waals surface area contributed by atoms with E-state index in [1.165, 1.54) is 0 Å². The van der Waals surface area contributed by atoms with E-state index >= 15 is 0 Å². The third-order valence-electron chi connectivity index (χ3n) is 4.11. The van der Waals surface area contributed by atoms with Crippen LogP contribution in [0.1, 0.15) is 5.56 Å². The zero-order chi connectivity index (χ0) is 19.3. The van der Waals surface area contributed by atoms with E-state index in [1.54, 1.807) is 32.5 Å². The molecule has 0 amide bonds. The van der Waals surface area contributed by atoms with Crippen LogP contribution in [0.25, 0.3) is 5.32 Å². The number of rotatable bonds is 5. The first kappa shape index (κ1) is 17.6. The number of amidine groups is 1. The number of fused-ring (bicyclic) bond motifs is 1. The SMILES string of the molecule is COc1cc2c(cc1OC)C(Nc1ccc(Oc3cccnn3)cc1)=NC[N-]2. The second-order valence-electron chi connectivity index (χ2n) is 5.84. The zero-order valence-corrected chi connectivity index (χ0v) is 15.4. The molecule has 8 nitrogen and oxygen atoms in total. The van der Waals surface area contributed by atoms with E-state index < -0.39 is 0 Å². The average molecular weight is 376 g/mol. The van der Waals surface area contributed by atoms with Crippen LogP contribution in [0.4, 0.5) is 11.4 Å². The molecule has 28 heavy (non-hydrogen) atoms. The van der Waals surface area contributed by atoms with E-state index in [2.05, 4.69) is 25.8 Å². The van der Waals surface area contributed by atoms with E-state index in [9.17, 15) is 0 Å². The first-order valence-corrected chi connectivity index (χ1v) is 8.58. The Balaban J connectivity index is 1.53. The standard InChI is InChI=1S/C20H18N5O3/c1-26-17-10-15-16(11-18(17)27-2)21-12-22-20(15)24-13-5-7-14(8-6-13)28-19-4-3-9-23-25-19/h3-11H,12H2,1-2H3,(H,22,24)/q-1. The highest BCUT2D eigenvalue weighted by atomic mass is 16.5. The molecule has 0 unspecified atom stereocenters. The number of ether oxygens (including phenoxy) is 3. The van der Waals surface area contributed by atoms with Crippen LogP contribution in [-0.2, 0) is 0 Å². The molecule has 0 bridgehead atoms. The van der Waals surface area contributed by atoms with Crippen LogP contribution < -0.4 is 19.5 Å². The van der Waals surface area contributed by atoms with Crippen LogP contribution >= 0.6 is 0 Å². The summed E-state index contributed by atoms with van der Waals surface area (Å²) in [5.41, 5.74) is 2.52. The van der Waals surface area contributed by atoms with Gasteiger partial charge in [-0.05, 0) is 49.1 Å². The van der Waals surface area contributed by atoms with Gasteiger partial charge in [0.1, 0.15) is 11.6 Å². The summed E-state index contributed by atoms with van der Waals surface area (Å²) in [5.74, 6) is 3.08. The molecule has 2 heterocycles. The van der Waals surface area contributed by atoms with E-state index in [0.717, 1.165) is 16.9 Å². The molecular formula is C20H18N5O3-. The molecule has 0 saturated heterocycles. The fourth-order valence-corrected chi connectivity index (χ4v) is 2.77. The van der Waals surface area contributed by atoms with E-state index in [1.807, 2.05) is 36.4 Å². The minimum absolute atomic E-state index is 0.346. The van der Waals surface area contributed by atoms with Crippen molar-refractivity contribution in [2.24, 2.45) is 4.99 Å². The lowest BCUT2D eigenvalue weighted by Crippen LogP contribution is -2.17. The van der Waals surface area contributed by atoms with Crippen molar-refractivity contribution in [3.8, 4) is 23.1 Å². The Morgan fingerprint density at radius 3 is 2.50 bits per heavy atom. The molecule has 0 aliphatic carbocycles. The molecule has 0 saturated carbocycles. The van der Waals surface area contributed by atoms with Crippen LogP contribution in [0.3, 0.4) is 0 Å². The molecule has 1 N–H and O–H groups in total. The zero-order valence-electron chi connectivity index (χ0n) is 15.4. The van der Waals surface area contributed by atoms with Gasteiger partial charge in [-0.1, -0.05) is 0 Å². The topological polar surface area (TPSA) is 92.0 Å². The quantitative estimate of drug-likeness (QED) is 0.720. The summed E-state index contributed by atoms with van der Waals surface area (Å²) in [6.45, 7) is 0.346. The fourth-order valence-electron chi connectivity index (χ4n) is 2.77. The molecule has 2 aromatic carbocycles. The number of nitrogens with one attached hydrogen (secondary N) is 1. The first-order valence-electron chi connectivity index (χ1n) is 8.58. The Kier molecular flexibility index (Phi) is 4.92. The van der Waals surface area contributed by atoms with E-state index in [4.69, 9.17) is 14.2 Å². The first-order chi connectivity index (χ1) is 13.8. The molecule has 0 spiro atoms. The third-order valence-corrected chi connectivity index (χ3v) is 4.11. The molecule has 1 aromatic heterocycles. The number of benzene rings is 2. The predicted octanol–water partition coefficient (Wildman–Crippen LogP) is 4.12. The smallest absolute Gasteiger partial charge is 0.238 e. The van der Waals surface area contributed by atoms with E-state index in [-0.39, 0.29) is 0 Å². The Morgan fingerprint density at radius 2 is 1.79 bits per heavy atom. The lowest BCUT2D eigenvalue weighted by atomic mass is 10.1. The number of hydrogen-bond acceptors (Lipinski definition) is 7. The molecule has 1 aliphatic rings. The van der Waals surface area contributed by atoms with E-state index in [0.29, 0.717) is 35.6 Å². The summed E-state index contributed by atoms with van der Waals surface area (Å²) in [6.07, 6.45) is 1.60. The molecular weight excluding hydrogens is 358 g/mol. The van der Waals surface area contributed by atoms with Gasteiger partial charge >= 0.3 is 0 Å². The van der Waals surface area contributed by atoms with Gasteiger partial charge in [-0.3, -0.25) is 4.99 Å². The summed E-state index contributed by atoms with van der Waals surface area (Å²) in [7, 11) is 3.20. The van der Waals surface area contributed by atoms with Crippen LogP contribution in [0, 0.1) is 0 Å². The molecule has 142 valence electrons. The minimum Gasteiger partial charge on any atom is -0.665 e. The Bertz CT molecular complexity index is 991. The van der Waals surface area contributed by atoms with Crippen molar-refractivity contribution in [3.63, 3.8) is 0 Å². The Hall–Kier alpha value is -3.81. The van der Waals surface area contributed by atoms with Crippen molar-refractivity contribution in [1.82, 2.24) is 10.2 Å². The maximum Gasteiger partial charge on any atom is 0.238 e. The molecule has 3 aromatic rings. The van der Waals surface area contributed by atoms with Crippen molar-refractivity contribution in [1.29, 1.82) is 0 Å². The maximum atomic E-state index is 5.66. The monoisotopic (exact) mass is 376 g/mol. The van der Waals surface area contributed by atoms with Gasteiger partial charge in [0, 0.05) is 23.5 Å². The molecule has 4 rings (SSSR count). The van der Waals surface area contributed by atoms with Crippen molar-refractivity contribution in [3.05, 3.63) is 65.6 Å². The molecule has 0 fully saturated rings. The number of nitrogens with zero attached hydrogens (tertiary/aromatic N) is 4. The minimum atomic E-state index is 0.346. The lowest BCUT2D eigenvalue weighted by Gasteiger charge is -2.30. The van der Waals surface area contributed by atoms with Gasteiger partial charge in [-0.2, -0.15) is 5.10 Å². The Morgan fingerprint density at radius 1 is 1.00 bits per heavy atom. The highest BCUT2D eigenvalue weighted by Crippen LogP contribution is 2.39. The summed E-state index contributed by atoms with van der Waals surface area (Å²) in [4.78, 5) is 4.48. The number of aliphatic imine (C=N–C) groups is 1. The summed E-state index contributed by atoms with van der Waals surface area (Å²) in [5, 5.41) is 15.5. The van der Waals surface area contributed by atoms with Gasteiger partial charge in [-0.25, -0.2) is 0 Å². The van der Waals surface area contributed by atoms with Crippen LogP contribution in [0.5, 0.6) is 23.1 Å². The fraction of sp³-hybridized carbons (Fsp3) is 0.150. The molecule has 1 aliphatic heterocycles. The summed E-state index contributed by atoms with van der Waals surface area (Å²) >= 11 is 0. The van der Waals surface area contributed by atoms with Crippen molar-refractivity contribution in [2.45, 2.75) is 0 Å². The second kappa shape index (κ2) is 7.83. The van der Waals surface area contributed by atoms with Crippen molar-refractivity contribution < 1.29 is 14.2 Å². The Labute approximate surface area is 162 Å². The molecule has 0 radical (unpaired) electrons. The molecule has 8 heteroatoms. The summed E-state index contributed by atoms with van der Waals surface area (Å²) < 4.78 is 16.4. The largest absolute Gasteiger partial charge is 0.665 e. The van der Waals surface area contributed by atoms with Crippen molar-refractivity contribution in [2.75, 3.05) is 26.2 Å². The van der Waals surface area contributed by atoms with Crippen LogP contribution in [-0.4, -0.2) is 36.9 Å². The number of anilines is 1. The molecule has 0 atom stereocenters. The summed E-state index contributed by atoms with van der Waals surface area (Å²) in [6, 6.07) is 14.7. The van der Waals surface area contributed by atoms with Gasteiger partial charge in [0.05, 0.1) is 14.2 Å². The van der Waals surface area contributed by atoms with Gasteiger partial charge < -0.3 is 24.8 Å². The lowest BCUT2D eigenvalue weighted by molar-refractivity contribution is 0.355. The maximum absolute atomic E-state index is 5.66. The number of hydrogen-bond donors (Lipinski definition) is 1. The number of methoxy groups -OCH3 is 2. The normalized spacial score (nSPS) is 12.3. The highest BCUT2D eigenvalue weighted by molar-refractivity contribution is 6.13. The van der Waals surface area contributed by atoms with Crippen LogP contribution in [0.15, 0.2) is 59.7 Å². The average Bonchev–Trinajstić information content (AvgIpc) is 2.75. The van der Waals surface area contributed by atoms with Crippen molar-refractivity contribution >= 4 is 17.2 Å². The van der Waals surface area contributed by atoms with Crippen LogP contribution in [0.2, 0.25) is 0 Å². The van der Waals surface area contributed by atoms with Gasteiger partial charge in [0.15, 0.2) is 11.5 Å². The number of aromatic nitrogens is 2. The predicted molar refractivity (Wildman–Crippen MR) is 106 cm³/mol. The second-order valence-corrected chi connectivity index (χ2v) is 5.84. The van der Waals surface area contributed by atoms with Gasteiger partial charge in [-0.15, -0.1) is 10.8 Å². The highest BCUT2D eigenvalue weighted by Gasteiger charge is 2.14.